The van der Waals surface area contributed by atoms with E-state index in [1.165, 1.54) is 0 Å². The Morgan fingerprint density at radius 2 is 2.00 bits per heavy atom. The van der Waals surface area contributed by atoms with Gasteiger partial charge in [0.05, 0.1) is 6.26 Å². The Morgan fingerprint density at radius 3 is 2.65 bits per heavy atom. The van der Waals surface area contributed by atoms with E-state index in [4.69, 9.17) is 4.42 Å². The average molecular weight is 316 g/mol. The third-order valence-electron chi connectivity index (χ3n) is 4.11. The molecular formula is C16H22N5O2+. The zero-order valence-corrected chi connectivity index (χ0v) is 13.3. The molecule has 7 nitrogen and oxygen atoms in total. The molecular weight excluding hydrogens is 294 g/mol. The Kier molecular flexibility index (Phi) is 4.87. The molecule has 0 aliphatic carbocycles. The lowest BCUT2D eigenvalue weighted by Gasteiger charge is -2.34. The van der Waals surface area contributed by atoms with E-state index in [0.717, 1.165) is 24.8 Å². The number of furan rings is 1. The predicted molar refractivity (Wildman–Crippen MR) is 84.7 cm³/mol. The van der Waals surface area contributed by atoms with Gasteiger partial charge in [-0.15, -0.1) is 0 Å². The number of amides is 1. The fourth-order valence-electron chi connectivity index (χ4n) is 2.68. The van der Waals surface area contributed by atoms with E-state index in [1.54, 1.807) is 24.7 Å². The van der Waals surface area contributed by atoms with Gasteiger partial charge in [-0.1, -0.05) is 0 Å². The molecule has 1 fully saturated rings. The molecule has 1 amide bonds. The first kappa shape index (κ1) is 15.5. The molecule has 1 aliphatic heterocycles. The number of quaternary nitrogens is 1. The summed E-state index contributed by atoms with van der Waals surface area (Å²) in [7, 11) is 0. The third kappa shape index (κ3) is 3.87. The van der Waals surface area contributed by atoms with E-state index in [0.29, 0.717) is 19.6 Å². The van der Waals surface area contributed by atoms with Crippen molar-refractivity contribution in [3.8, 4) is 0 Å². The van der Waals surface area contributed by atoms with Crippen LogP contribution in [0.5, 0.6) is 0 Å². The highest BCUT2D eigenvalue weighted by molar-refractivity contribution is 5.77. The summed E-state index contributed by atoms with van der Waals surface area (Å²) in [5.41, 5.74) is 0. The number of anilines is 1. The lowest BCUT2D eigenvalue weighted by atomic mass is 10.2. The highest BCUT2D eigenvalue weighted by atomic mass is 16.3. The van der Waals surface area contributed by atoms with Gasteiger partial charge in [0.15, 0.2) is 12.3 Å². The number of nitrogens with two attached hydrogens (primary N) is 1. The van der Waals surface area contributed by atoms with Crippen LogP contribution in [0, 0.1) is 0 Å². The smallest absolute Gasteiger partial charge is 0.277 e. The fourth-order valence-corrected chi connectivity index (χ4v) is 2.68. The second kappa shape index (κ2) is 7.23. The minimum absolute atomic E-state index is 0.146. The van der Waals surface area contributed by atoms with Crippen LogP contribution in [-0.4, -0.2) is 53.5 Å². The second-order valence-corrected chi connectivity index (χ2v) is 5.66. The first-order valence-corrected chi connectivity index (χ1v) is 7.90. The molecule has 0 bridgehead atoms. The standard InChI is InChI=1S/C16H21N5O2/c1-13(14-4-2-11-23-14)19-12-15(22)20-7-9-21(10-8-20)16-17-5-3-6-18-16/h2-6,11,13,19H,7-10,12H2,1H3/p+1/t13-/m0/s1. The van der Waals surface area contributed by atoms with Gasteiger partial charge in [0, 0.05) is 38.6 Å². The number of piperazine rings is 1. The Balaban J connectivity index is 1.45. The molecule has 0 spiro atoms. The molecule has 0 aromatic carbocycles. The lowest BCUT2D eigenvalue weighted by molar-refractivity contribution is -0.685. The fraction of sp³-hybridized carbons (Fsp3) is 0.438. The van der Waals surface area contributed by atoms with Crippen LogP contribution in [0.1, 0.15) is 18.7 Å². The summed E-state index contributed by atoms with van der Waals surface area (Å²) in [5, 5.41) is 2.01. The number of carbonyl (C=O) groups excluding carboxylic acids is 1. The lowest BCUT2D eigenvalue weighted by Crippen LogP contribution is -2.87. The molecule has 23 heavy (non-hydrogen) atoms. The van der Waals surface area contributed by atoms with Gasteiger partial charge in [-0.05, 0) is 25.1 Å². The summed E-state index contributed by atoms with van der Waals surface area (Å²) in [5.74, 6) is 1.79. The molecule has 2 aromatic heterocycles. The van der Waals surface area contributed by atoms with Gasteiger partial charge in [0.2, 0.25) is 5.95 Å². The molecule has 2 aromatic rings. The maximum Gasteiger partial charge on any atom is 0.277 e. The Hall–Kier alpha value is -2.41. The molecule has 3 rings (SSSR count). The van der Waals surface area contributed by atoms with E-state index in [2.05, 4.69) is 14.9 Å². The minimum Gasteiger partial charge on any atom is -0.463 e. The summed E-state index contributed by atoms with van der Waals surface area (Å²) in [6, 6.07) is 5.75. The summed E-state index contributed by atoms with van der Waals surface area (Å²) >= 11 is 0. The summed E-state index contributed by atoms with van der Waals surface area (Å²) in [6.45, 7) is 5.42. The molecule has 0 saturated carbocycles. The van der Waals surface area contributed by atoms with Crippen molar-refractivity contribution in [2.24, 2.45) is 0 Å². The maximum absolute atomic E-state index is 12.3. The minimum atomic E-state index is 0.146. The molecule has 0 radical (unpaired) electrons. The van der Waals surface area contributed by atoms with Gasteiger partial charge >= 0.3 is 0 Å². The third-order valence-corrected chi connectivity index (χ3v) is 4.11. The Morgan fingerprint density at radius 1 is 1.26 bits per heavy atom. The zero-order valence-electron chi connectivity index (χ0n) is 13.3. The Labute approximate surface area is 135 Å². The highest BCUT2D eigenvalue weighted by Gasteiger charge is 2.24. The van der Waals surface area contributed by atoms with Crippen molar-refractivity contribution >= 4 is 11.9 Å². The monoisotopic (exact) mass is 316 g/mol. The average Bonchev–Trinajstić information content (AvgIpc) is 3.15. The van der Waals surface area contributed by atoms with Crippen LogP contribution in [0.15, 0.2) is 41.3 Å². The van der Waals surface area contributed by atoms with Crippen molar-refractivity contribution in [3.05, 3.63) is 42.6 Å². The SMILES string of the molecule is C[C@H]([NH2+]CC(=O)N1CCN(c2ncccn2)CC1)c1ccco1. The largest absolute Gasteiger partial charge is 0.463 e. The first-order chi connectivity index (χ1) is 11.2. The molecule has 1 aliphatic rings. The van der Waals surface area contributed by atoms with Gasteiger partial charge in [-0.3, -0.25) is 4.79 Å². The summed E-state index contributed by atoms with van der Waals surface area (Å²) in [4.78, 5) is 24.9. The van der Waals surface area contributed by atoms with Crippen molar-refractivity contribution in [1.82, 2.24) is 14.9 Å². The molecule has 1 saturated heterocycles. The van der Waals surface area contributed by atoms with Crippen LogP contribution in [0.4, 0.5) is 5.95 Å². The molecule has 7 heteroatoms. The normalized spacial score (nSPS) is 16.4. The Bertz CT molecular complexity index is 609. The van der Waals surface area contributed by atoms with E-state index >= 15 is 0 Å². The topological polar surface area (TPSA) is 79.1 Å². The quantitative estimate of drug-likeness (QED) is 0.843. The summed E-state index contributed by atoms with van der Waals surface area (Å²) in [6.07, 6.45) is 5.14. The predicted octanol–water partition coefficient (Wildman–Crippen LogP) is 0.0428. The van der Waals surface area contributed by atoms with Crippen molar-refractivity contribution in [2.75, 3.05) is 37.6 Å². The van der Waals surface area contributed by atoms with Crippen molar-refractivity contribution in [1.29, 1.82) is 0 Å². The molecule has 2 N–H and O–H groups in total. The number of nitrogens with zero attached hydrogens (tertiary/aromatic N) is 4. The maximum atomic E-state index is 12.3. The van der Waals surface area contributed by atoms with Gasteiger partial charge in [0.25, 0.3) is 5.91 Å². The van der Waals surface area contributed by atoms with E-state index in [1.807, 2.05) is 29.3 Å². The van der Waals surface area contributed by atoms with Crippen LogP contribution in [-0.2, 0) is 4.79 Å². The van der Waals surface area contributed by atoms with Crippen molar-refractivity contribution in [3.63, 3.8) is 0 Å². The number of rotatable bonds is 5. The van der Waals surface area contributed by atoms with Gasteiger partial charge in [-0.2, -0.15) is 0 Å². The van der Waals surface area contributed by atoms with E-state index in [9.17, 15) is 4.79 Å². The second-order valence-electron chi connectivity index (χ2n) is 5.66. The van der Waals surface area contributed by atoms with Gasteiger partial charge in [-0.25, -0.2) is 9.97 Å². The number of hydrogen-bond donors (Lipinski definition) is 1. The van der Waals surface area contributed by atoms with Crippen LogP contribution >= 0.6 is 0 Å². The number of hydrogen-bond acceptors (Lipinski definition) is 5. The number of carbonyl (C=O) groups is 1. The molecule has 3 heterocycles. The summed E-state index contributed by atoms with van der Waals surface area (Å²) < 4.78 is 5.36. The van der Waals surface area contributed by atoms with Crippen LogP contribution < -0.4 is 10.2 Å². The first-order valence-electron chi connectivity index (χ1n) is 7.90. The molecule has 122 valence electrons. The molecule has 1 atom stereocenters. The van der Waals surface area contributed by atoms with Gasteiger partial charge < -0.3 is 19.5 Å². The molecule has 0 unspecified atom stereocenters. The number of aromatic nitrogens is 2. The van der Waals surface area contributed by atoms with Crippen LogP contribution in [0.25, 0.3) is 0 Å². The van der Waals surface area contributed by atoms with E-state index < -0.39 is 0 Å². The highest BCUT2D eigenvalue weighted by Crippen LogP contribution is 2.10. The van der Waals surface area contributed by atoms with E-state index in [-0.39, 0.29) is 11.9 Å². The van der Waals surface area contributed by atoms with Crippen molar-refractivity contribution < 1.29 is 14.5 Å². The van der Waals surface area contributed by atoms with Crippen LogP contribution in [0.3, 0.4) is 0 Å². The van der Waals surface area contributed by atoms with Crippen molar-refractivity contribution in [2.45, 2.75) is 13.0 Å². The van der Waals surface area contributed by atoms with Gasteiger partial charge in [0.1, 0.15) is 6.04 Å². The van der Waals surface area contributed by atoms with Crippen LogP contribution in [0.2, 0.25) is 0 Å². The zero-order chi connectivity index (χ0) is 16.1.